The van der Waals surface area contributed by atoms with Crippen LogP contribution in [0.2, 0.25) is 5.02 Å². The maximum atomic E-state index is 12.9. The zero-order valence-electron chi connectivity index (χ0n) is 14.3. The summed E-state index contributed by atoms with van der Waals surface area (Å²) in [4.78, 5) is 26.4. The lowest BCUT2D eigenvalue weighted by atomic mass is 9.99. The molecule has 0 radical (unpaired) electrons. The van der Waals surface area contributed by atoms with E-state index in [0.29, 0.717) is 29.7 Å². The number of amides is 2. The molecule has 1 aromatic carbocycles. The molecular formula is C17H14ClF3N2O4S. The Morgan fingerprint density at radius 3 is 2.89 bits per heavy atom. The maximum Gasteiger partial charge on any atom is 0.573 e. The van der Waals surface area contributed by atoms with Crippen molar-refractivity contribution in [1.82, 2.24) is 10.2 Å². The quantitative estimate of drug-likeness (QED) is 0.788. The number of nitrogens with one attached hydrogen (secondary N) is 1. The molecule has 0 bridgehead atoms. The summed E-state index contributed by atoms with van der Waals surface area (Å²) in [5.41, 5.74) is -0.609. The van der Waals surface area contributed by atoms with Gasteiger partial charge in [-0.25, -0.2) is 0 Å². The van der Waals surface area contributed by atoms with Crippen LogP contribution in [-0.4, -0.2) is 54.9 Å². The fraction of sp³-hybridized carbons (Fsp3) is 0.412. The first-order valence-corrected chi connectivity index (χ1v) is 9.51. The molecule has 2 saturated heterocycles. The number of thiophene rings is 1. The van der Waals surface area contributed by atoms with Crippen molar-refractivity contribution in [2.45, 2.75) is 18.3 Å². The number of hydrogen-bond acceptors (Lipinski definition) is 5. The number of alkyl halides is 3. The summed E-state index contributed by atoms with van der Waals surface area (Å²) in [7, 11) is 0. The van der Waals surface area contributed by atoms with Crippen LogP contribution in [-0.2, 0) is 9.53 Å². The minimum absolute atomic E-state index is 0.000167. The Morgan fingerprint density at radius 2 is 2.18 bits per heavy atom. The normalized spacial score (nSPS) is 22.7. The van der Waals surface area contributed by atoms with E-state index in [4.69, 9.17) is 16.3 Å². The molecule has 6 nitrogen and oxygen atoms in total. The molecule has 1 atom stereocenters. The molecule has 1 N–H and O–H groups in total. The molecule has 2 amide bonds. The predicted molar refractivity (Wildman–Crippen MR) is 95.7 cm³/mol. The number of carbonyl (C=O) groups is 2. The number of fused-ring (bicyclic) bond motifs is 1. The number of benzene rings is 1. The van der Waals surface area contributed by atoms with Crippen LogP contribution in [0.5, 0.6) is 5.75 Å². The lowest BCUT2D eigenvalue weighted by molar-refractivity contribution is -0.274. The van der Waals surface area contributed by atoms with E-state index in [-0.39, 0.29) is 40.6 Å². The number of hydrogen-bond donors (Lipinski definition) is 1. The summed E-state index contributed by atoms with van der Waals surface area (Å²) in [6.07, 6.45) is -4.25. The van der Waals surface area contributed by atoms with Crippen molar-refractivity contribution in [2.24, 2.45) is 0 Å². The van der Waals surface area contributed by atoms with Gasteiger partial charge in [-0.3, -0.25) is 9.59 Å². The van der Waals surface area contributed by atoms with Gasteiger partial charge in [-0.15, -0.1) is 24.5 Å². The molecule has 1 unspecified atom stereocenters. The summed E-state index contributed by atoms with van der Waals surface area (Å²) < 4.78 is 46.9. The van der Waals surface area contributed by atoms with E-state index in [1.54, 1.807) is 4.90 Å². The Bertz CT molecular complexity index is 964. The lowest BCUT2D eigenvalue weighted by Crippen LogP contribution is -2.58. The Hall–Kier alpha value is -2.04. The largest absolute Gasteiger partial charge is 0.573 e. The average molecular weight is 435 g/mol. The molecule has 2 fully saturated rings. The van der Waals surface area contributed by atoms with E-state index in [9.17, 15) is 22.8 Å². The van der Waals surface area contributed by atoms with Crippen molar-refractivity contribution in [3.05, 3.63) is 28.1 Å². The van der Waals surface area contributed by atoms with Gasteiger partial charge in [0.2, 0.25) is 5.91 Å². The molecule has 1 aromatic heterocycles. The number of carbonyl (C=O) groups excluding carboxylic acids is 2. The Labute approximate surface area is 166 Å². The molecule has 2 aliphatic rings. The van der Waals surface area contributed by atoms with Crippen LogP contribution in [0.25, 0.3) is 10.1 Å². The fourth-order valence-corrected chi connectivity index (χ4v) is 5.00. The average Bonchev–Trinajstić information content (AvgIpc) is 3.14. The SMILES string of the molecule is O=C1COCC2(CCN(C(=O)c3sc4cc(OC(F)(F)F)ccc4c3Cl)C2)N1. The molecule has 11 heteroatoms. The molecule has 4 rings (SSSR count). The zero-order valence-corrected chi connectivity index (χ0v) is 15.8. The Balaban J connectivity index is 1.57. The van der Waals surface area contributed by atoms with E-state index < -0.39 is 11.9 Å². The third kappa shape index (κ3) is 3.63. The van der Waals surface area contributed by atoms with Gasteiger partial charge < -0.3 is 19.7 Å². The van der Waals surface area contributed by atoms with Crippen molar-refractivity contribution in [3.8, 4) is 5.75 Å². The molecule has 2 aliphatic heterocycles. The maximum absolute atomic E-state index is 12.9. The number of rotatable bonds is 2. The smallest absolute Gasteiger partial charge is 0.406 e. The van der Waals surface area contributed by atoms with Crippen LogP contribution in [0.1, 0.15) is 16.1 Å². The Kier molecular flexibility index (Phi) is 4.67. The molecular weight excluding hydrogens is 421 g/mol. The number of morpholine rings is 1. The highest BCUT2D eigenvalue weighted by atomic mass is 35.5. The molecule has 1 spiro atoms. The highest BCUT2D eigenvalue weighted by Gasteiger charge is 2.44. The van der Waals surface area contributed by atoms with Crippen molar-refractivity contribution >= 4 is 44.8 Å². The molecule has 2 aromatic rings. The monoisotopic (exact) mass is 434 g/mol. The topological polar surface area (TPSA) is 67.9 Å². The first-order chi connectivity index (χ1) is 13.2. The second kappa shape index (κ2) is 6.78. The van der Waals surface area contributed by atoms with Crippen LogP contribution in [0.4, 0.5) is 13.2 Å². The van der Waals surface area contributed by atoms with Gasteiger partial charge >= 0.3 is 6.36 Å². The standard InChI is InChI=1S/C17H14ClF3N2O4S/c18-13-10-2-1-9(27-17(19,20)21)5-11(10)28-14(13)15(25)23-4-3-16(7-23)8-26-6-12(24)22-16/h1-2,5H,3-4,6-8H2,(H,22,24). The third-order valence-corrected chi connectivity index (χ3v) is 6.33. The Morgan fingerprint density at radius 1 is 1.39 bits per heavy atom. The summed E-state index contributed by atoms with van der Waals surface area (Å²) in [5, 5.41) is 3.56. The predicted octanol–water partition coefficient (Wildman–Crippen LogP) is 3.18. The third-order valence-electron chi connectivity index (χ3n) is 4.69. The minimum Gasteiger partial charge on any atom is -0.406 e. The van der Waals surface area contributed by atoms with E-state index in [2.05, 4.69) is 10.1 Å². The highest BCUT2D eigenvalue weighted by molar-refractivity contribution is 7.21. The van der Waals surface area contributed by atoms with Gasteiger partial charge in [0.15, 0.2) is 0 Å². The van der Waals surface area contributed by atoms with Gasteiger partial charge in [-0.1, -0.05) is 11.6 Å². The van der Waals surface area contributed by atoms with E-state index in [1.165, 1.54) is 12.1 Å². The van der Waals surface area contributed by atoms with E-state index in [1.807, 2.05) is 0 Å². The van der Waals surface area contributed by atoms with Gasteiger partial charge in [-0.05, 0) is 24.6 Å². The molecule has 150 valence electrons. The number of ether oxygens (including phenoxy) is 2. The summed E-state index contributed by atoms with van der Waals surface area (Å²) in [6, 6.07) is 3.76. The van der Waals surface area contributed by atoms with Gasteiger partial charge in [0.25, 0.3) is 5.91 Å². The van der Waals surface area contributed by atoms with Crippen molar-refractivity contribution in [3.63, 3.8) is 0 Å². The minimum atomic E-state index is -4.80. The van der Waals surface area contributed by atoms with Crippen molar-refractivity contribution in [2.75, 3.05) is 26.3 Å². The second-order valence-corrected chi connectivity index (χ2v) is 8.18. The number of nitrogens with zero attached hydrogens (tertiary/aromatic N) is 1. The molecule has 0 saturated carbocycles. The highest BCUT2D eigenvalue weighted by Crippen LogP contribution is 2.39. The zero-order chi connectivity index (χ0) is 20.1. The van der Waals surface area contributed by atoms with Gasteiger partial charge in [0.05, 0.1) is 17.2 Å². The summed E-state index contributed by atoms with van der Waals surface area (Å²) >= 11 is 7.33. The molecule has 3 heterocycles. The first kappa shape index (κ1) is 19.3. The number of halogens is 4. The lowest BCUT2D eigenvalue weighted by Gasteiger charge is -2.33. The fourth-order valence-electron chi connectivity index (χ4n) is 3.50. The summed E-state index contributed by atoms with van der Waals surface area (Å²) in [5.74, 6) is -0.932. The second-order valence-electron chi connectivity index (χ2n) is 6.75. The molecule has 28 heavy (non-hydrogen) atoms. The molecule has 0 aliphatic carbocycles. The van der Waals surface area contributed by atoms with Crippen LogP contribution < -0.4 is 10.1 Å². The van der Waals surface area contributed by atoms with Crippen LogP contribution >= 0.6 is 22.9 Å². The summed E-state index contributed by atoms with van der Waals surface area (Å²) in [6.45, 7) is 1.01. The number of likely N-dealkylation sites (tertiary alicyclic amines) is 1. The van der Waals surface area contributed by atoms with Gasteiger partial charge in [0, 0.05) is 23.2 Å². The van der Waals surface area contributed by atoms with Crippen LogP contribution in [0, 0.1) is 0 Å². The van der Waals surface area contributed by atoms with Crippen LogP contribution in [0.3, 0.4) is 0 Å². The van der Waals surface area contributed by atoms with Gasteiger partial charge in [-0.2, -0.15) is 0 Å². The first-order valence-electron chi connectivity index (χ1n) is 8.32. The van der Waals surface area contributed by atoms with Crippen molar-refractivity contribution in [1.29, 1.82) is 0 Å². The van der Waals surface area contributed by atoms with Crippen LogP contribution in [0.15, 0.2) is 18.2 Å². The van der Waals surface area contributed by atoms with Crippen molar-refractivity contribution < 1.29 is 32.2 Å². The van der Waals surface area contributed by atoms with E-state index in [0.717, 1.165) is 17.4 Å². The van der Waals surface area contributed by atoms with E-state index >= 15 is 0 Å². The van der Waals surface area contributed by atoms with Gasteiger partial charge in [0.1, 0.15) is 17.2 Å².